The second kappa shape index (κ2) is 15.5. The summed E-state index contributed by atoms with van der Waals surface area (Å²) in [5.41, 5.74) is 16.4. The molecular formula is C60H40N2S. The van der Waals surface area contributed by atoms with Gasteiger partial charge in [-0.05, 0) is 118 Å². The van der Waals surface area contributed by atoms with Crippen LogP contribution in [0.2, 0.25) is 0 Å². The summed E-state index contributed by atoms with van der Waals surface area (Å²) in [5, 5.41) is 5.04. The molecule has 0 bridgehead atoms. The van der Waals surface area contributed by atoms with Gasteiger partial charge in [0, 0.05) is 53.6 Å². The van der Waals surface area contributed by atoms with Gasteiger partial charge < -0.3 is 9.47 Å². The zero-order valence-electron chi connectivity index (χ0n) is 34.4. The lowest BCUT2D eigenvalue weighted by Crippen LogP contribution is -2.10. The lowest BCUT2D eigenvalue weighted by Gasteiger charge is -2.26. The van der Waals surface area contributed by atoms with Crippen LogP contribution in [0.15, 0.2) is 243 Å². The van der Waals surface area contributed by atoms with Crippen molar-refractivity contribution < 1.29 is 0 Å². The monoisotopic (exact) mass is 820 g/mol. The Morgan fingerprint density at radius 3 is 1.43 bits per heavy atom. The van der Waals surface area contributed by atoms with Crippen molar-refractivity contribution in [3.8, 4) is 50.2 Å². The molecule has 2 nitrogen and oxygen atoms in total. The summed E-state index contributed by atoms with van der Waals surface area (Å²) in [6, 6.07) is 88.4. The van der Waals surface area contributed by atoms with Crippen LogP contribution >= 0.6 is 11.3 Å². The van der Waals surface area contributed by atoms with Gasteiger partial charge in [-0.2, -0.15) is 0 Å². The Balaban J connectivity index is 1.00. The van der Waals surface area contributed by atoms with Gasteiger partial charge in [-0.15, -0.1) is 11.3 Å². The molecule has 10 aromatic carbocycles. The van der Waals surface area contributed by atoms with Crippen LogP contribution in [-0.4, -0.2) is 4.57 Å². The second-order valence-electron chi connectivity index (χ2n) is 16.1. The van der Waals surface area contributed by atoms with E-state index >= 15 is 0 Å². The van der Waals surface area contributed by atoms with Crippen LogP contribution < -0.4 is 4.90 Å². The smallest absolute Gasteiger partial charge is 0.0541 e. The number of hydrogen-bond acceptors (Lipinski definition) is 2. The van der Waals surface area contributed by atoms with Crippen molar-refractivity contribution in [2.75, 3.05) is 4.90 Å². The molecule has 0 radical (unpaired) electrons. The first-order chi connectivity index (χ1) is 31.2. The highest BCUT2D eigenvalue weighted by Crippen LogP contribution is 2.43. The Kier molecular flexibility index (Phi) is 9.06. The Morgan fingerprint density at radius 2 is 0.778 bits per heavy atom. The molecule has 0 fully saturated rings. The molecule has 0 atom stereocenters. The number of fused-ring (bicyclic) bond motifs is 6. The third kappa shape index (κ3) is 6.58. The predicted octanol–water partition coefficient (Wildman–Crippen LogP) is 17.3. The Hall–Kier alpha value is -7.98. The van der Waals surface area contributed by atoms with E-state index in [0.717, 1.165) is 28.3 Å². The van der Waals surface area contributed by atoms with Gasteiger partial charge >= 0.3 is 0 Å². The van der Waals surface area contributed by atoms with Crippen LogP contribution in [0.25, 0.3) is 92.2 Å². The van der Waals surface area contributed by atoms with E-state index in [1.54, 1.807) is 0 Å². The van der Waals surface area contributed by atoms with E-state index in [1.165, 1.54) is 80.9 Å². The average Bonchev–Trinajstić information content (AvgIpc) is 3.90. The number of hydrogen-bond donors (Lipinski definition) is 0. The number of para-hydroxylation sites is 1. The summed E-state index contributed by atoms with van der Waals surface area (Å²) in [6.07, 6.45) is 0. The van der Waals surface area contributed by atoms with Crippen LogP contribution in [0.1, 0.15) is 0 Å². The first-order valence-corrected chi connectivity index (χ1v) is 22.3. The molecule has 2 heterocycles. The summed E-state index contributed by atoms with van der Waals surface area (Å²) in [6.45, 7) is 0. The van der Waals surface area contributed by atoms with Gasteiger partial charge in [-0.1, -0.05) is 164 Å². The summed E-state index contributed by atoms with van der Waals surface area (Å²) >= 11 is 1.85. The van der Waals surface area contributed by atoms with Crippen molar-refractivity contribution in [3.05, 3.63) is 243 Å². The minimum Gasteiger partial charge on any atom is -0.310 e. The van der Waals surface area contributed by atoms with Gasteiger partial charge in [0.2, 0.25) is 0 Å². The molecule has 12 aromatic rings. The molecule has 0 aliphatic carbocycles. The number of thiophene rings is 1. The van der Waals surface area contributed by atoms with Gasteiger partial charge in [0.25, 0.3) is 0 Å². The van der Waals surface area contributed by atoms with E-state index in [4.69, 9.17) is 0 Å². The third-order valence-electron chi connectivity index (χ3n) is 12.4. The lowest BCUT2D eigenvalue weighted by atomic mass is 10.0. The van der Waals surface area contributed by atoms with Crippen molar-refractivity contribution in [2.45, 2.75) is 0 Å². The Labute approximate surface area is 370 Å². The standard InChI is InChI=1S/C60H40N2S/c1-4-15-41(16-5-1)45-21-14-22-49(37-45)61(50-33-36-60-55(40-50)52-24-11-13-26-59(52)63-60)48-31-27-44(28-32-48)51-23-10-12-25-56(51)62-57-34-29-46(42-17-6-2-7-18-42)38-53(57)54-39-47(30-35-58(54)62)43-19-8-3-9-20-43/h1-40H. The maximum atomic E-state index is 2.46. The number of rotatable bonds is 8. The van der Waals surface area contributed by atoms with E-state index in [9.17, 15) is 0 Å². The van der Waals surface area contributed by atoms with E-state index in [1.807, 2.05) is 11.3 Å². The highest BCUT2D eigenvalue weighted by Gasteiger charge is 2.19. The van der Waals surface area contributed by atoms with E-state index in [2.05, 4.69) is 252 Å². The number of aromatic nitrogens is 1. The maximum absolute atomic E-state index is 2.46. The SMILES string of the molecule is c1ccc(-c2cccc(N(c3ccc(-c4ccccc4-n4c5ccc(-c6ccccc6)cc5c5cc(-c6ccccc6)ccc54)cc3)c3ccc4sc5ccccc5c4c3)c2)cc1. The second-order valence-corrected chi connectivity index (χ2v) is 17.2. The lowest BCUT2D eigenvalue weighted by molar-refractivity contribution is 1.18. The van der Waals surface area contributed by atoms with Crippen LogP contribution in [0.3, 0.4) is 0 Å². The van der Waals surface area contributed by atoms with Crippen LogP contribution in [0.5, 0.6) is 0 Å². The zero-order valence-corrected chi connectivity index (χ0v) is 35.2. The number of nitrogens with zero attached hydrogens (tertiary/aromatic N) is 2. The molecule has 0 aliphatic rings. The Bertz CT molecular complexity index is 3510. The molecule has 0 saturated heterocycles. The van der Waals surface area contributed by atoms with Gasteiger partial charge in [0.1, 0.15) is 0 Å². The molecule has 0 aliphatic heterocycles. The first-order valence-electron chi connectivity index (χ1n) is 21.5. The largest absolute Gasteiger partial charge is 0.310 e. The fourth-order valence-electron chi connectivity index (χ4n) is 9.36. The molecule has 0 amide bonds. The van der Waals surface area contributed by atoms with Crippen LogP contribution in [-0.2, 0) is 0 Å². The van der Waals surface area contributed by atoms with Gasteiger partial charge in [0.15, 0.2) is 0 Å². The van der Waals surface area contributed by atoms with Gasteiger partial charge in [0.05, 0.1) is 16.7 Å². The van der Waals surface area contributed by atoms with Crippen molar-refractivity contribution >= 4 is 70.4 Å². The summed E-state index contributed by atoms with van der Waals surface area (Å²) in [4.78, 5) is 2.40. The Morgan fingerprint density at radius 1 is 0.286 bits per heavy atom. The summed E-state index contributed by atoms with van der Waals surface area (Å²) < 4.78 is 5.06. The van der Waals surface area contributed by atoms with Crippen molar-refractivity contribution in [1.29, 1.82) is 0 Å². The molecular weight excluding hydrogens is 781 g/mol. The third-order valence-corrected chi connectivity index (χ3v) is 13.5. The first kappa shape index (κ1) is 36.8. The molecule has 2 aromatic heterocycles. The fraction of sp³-hybridized carbons (Fsp3) is 0. The molecule has 63 heavy (non-hydrogen) atoms. The topological polar surface area (TPSA) is 8.17 Å². The van der Waals surface area contributed by atoms with Gasteiger partial charge in [-0.25, -0.2) is 0 Å². The van der Waals surface area contributed by atoms with Gasteiger partial charge in [-0.3, -0.25) is 0 Å². The molecule has 0 N–H and O–H groups in total. The normalized spacial score (nSPS) is 11.5. The average molecular weight is 821 g/mol. The van der Waals surface area contributed by atoms with E-state index in [-0.39, 0.29) is 0 Å². The molecule has 12 rings (SSSR count). The highest BCUT2D eigenvalue weighted by molar-refractivity contribution is 7.25. The summed E-state index contributed by atoms with van der Waals surface area (Å²) in [7, 11) is 0. The highest BCUT2D eigenvalue weighted by atomic mass is 32.1. The molecule has 0 spiro atoms. The van der Waals surface area contributed by atoms with Crippen molar-refractivity contribution in [3.63, 3.8) is 0 Å². The molecule has 3 heteroatoms. The minimum absolute atomic E-state index is 1.10. The maximum Gasteiger partial charge on any atom is 0.0541 e. The molecule has 0 saturated carbocycles. The zero-order chi connectivity index (χ0) is 41.7. The number of anilines is 3. The van der Waals surface area contributed by atoms with Crippen molar-refractivity contribution in [1.82, 2.24) is 4.57 Å². The summed E-state index contributed by atoms with van der Waals surface area (Å²) in [5.74, 6) is 0. The minimum atomic E-state index is 1.10. The van der Waals surface area contributed by atoms with E-state index in [0.29, 0.717) is 0 Å². The predicted molar refractivity (Wildman–Crippen MR) is 270 cm³/mol. The number of benzene rings is 10. The fourth-order valence-corrected chi connectivity index (χ4v) is 10.4. The van der Waals surface area contributed by atoms with E-state index < -0.39 is 0 Å². The van der Waals surface area contributed by atoms with Crippen molar-refractivity contribution in [2.24, 2.45) is 0 Å². The van der Waals surface area contributed by atoms with Crippen LogP contribution in [0.4, 0.5) is 17.1 Å². The molecule has 0 unspecified atom stereocenters. The molecule has 296 valence electrons. The van der Waals surface area contributed by atoms with Crippen LogP contribution in [0, 0.1) is 0 Å². The quantitative estimate of drug-likeness (QED) is 0.148.